The topological polar surface area (TPSA) is 81.6 Å². The van der Waals surface area contributed by atoms with E-state index >= 15 is 0 Å². The third-order valence-electron chi connectivity index (χ3n) is 2.74. The highest BCUT2D eigenvalue weighted by Gasteiger charge is 2.32. The lowest BCUT2D eigenvalue weighted by molar-refractivity contribution is -0.138. The summed E-state index contributed by atoms with van der Waals surface area (Å²) in [5.41, 5.74) is 5.32. The number of hydrogen-bond acceptors (Lipinski definition) is 4. The summed E-state index contributed by atoms with van der Waals surface area (Å²) in [7, 11) is 0. The van der Waals surface area contributed by atoms with Crippen molar-refractivity contribution in [2.45, 2.75) is 26.5 Å². The fourth-order valence-corrected chi connectivity index (χ4v) is 1.34. The van der Waals surface area contributed by atoms with Gasteiger partial charge in [-0.2, -0.15) is 0 Å². The molecule has 1 atom stereocenters. The zero-order valence-corrected chi connectivity index (χ0v) is 10.7. The highest BCUT2D eigenvalue weighted by Crippen LogP contribution is 2.19. The van der Waals surface area contributed by atoms with E-state index in [1.54, 1.807) is 13.8 Å². The van der Waals surface area contributed by atoms with Crippen molar-refractivity contribution in [1.29, 1.82) is 0 Å². The van der Waals surface area contributed by atoms with E-state index in [1.807, 2.05) is 30.3 Å². The number of amides is 1. The molecule has 0 heterocycles. The van der Waals surface area contributed by atoms with Gasteiger partial charge in [-0.1, -0.05) is 44.2 Å². The minimum Gasteiger partial charge on any atom is -0.396 e. The van der Waals surface area contributed by atoms with Crippen LogP contribution < -0.4 is 10.9 Å². The molecule has 18 heavy (non-hydrogen) atoms. The molecule has 1 aromatic carbocycles. The molecule has 5 nitrogen and oxygen atoms in total. The third-order valence-corrected chi connectivity index (χ3v) is 2.74. The molecule has 0 spiro atoms. The van der Waals surface area contributed by atoms with Gasteiger partial charge in [-0.25, -0.2) is 5.43 Å². The van der Waals surface area contributed by atoms with Crippen molar-refractivity contribution in [3.8, 4) is 0 Å². The summed E-state index contributed by atoms with van der Waals surface area (Å²) >= 11 is 0. The van der Waals surface area contributed by atoms with Gasteiger partial charge in [0, 0.05) is 12.0 Å². The third kappa shape index (κ3) is 4.10. The number of aliphatic hydroxyl groups is 2. The first-order chi connectivity index (χ1) is 8.47. The second-order valence-electron chi connectivity index (χ2n) is 4.88. The molecular weight excluding hydrogens is 232 g/mol. The summed E-state index contributed by atoms with van der Waals surface area (Å²) in [4.78, 5) is 11.6. The Bertz CT molecular complexity index is 379. The fourth-order valence-electron chi connectivity index (χ4n) is 1.34. The predicted octanol–water partition coefficient (Wildman–Crippen LogP) is 0.187. The van der Waals surface area contributed by atoms with Crippen molar-refractivity contribution in [3.63, 3.8) is 0 Å². The molecule has 0 aliphatic heterocycles. The predicted molar refractivity (Wildman–Crippen MR) is 68.3 cm³/mol. The SMILES string of the molecule is CC(C)(CO)[C@@H](O)C(=O)NNCc1ccccc1. The quantitative estimate of drug-likeness (QED) is 0.545. The Morgan fingerprint density at radius 2 is 1.94 bits per heavy atom. The lowest BCUT2D eigenvalue weighted by Gasteiger charge is -2.27. The van der Waals surface area contributed by atoms with Crippen LogP contribution >= 0.6 is 0 Å². The Morgan fingerprint density at radius 3 is 2.50 bits per heavy atom. The lowest BCUT2D eigenvalue weighted by atomic mass is 9.87. The summed E-state index contributed by atoms with van der Waals surface area (Å²) in [6, 6.07) is 9.57. The zero-order valence-electron chi connectivity index (χ0n) is 10.7. The minimum absolute atomic E-state index is 0.264. The van der Waals surface area contributed by atoms with Gasteiger partial charge in [-0.05, 0) is 5.56 Å². The maximum absolute atomic E-state index is 11.6. The molecule has 0 radical (unpaired) electrons. The molecule has 0 bridgehead atoms. The molecule has 0 fully saturated rings. The van der Waals surface area contributed by atoms with Crippen molar-refractivity contribution in [2.24, 2.45) is 5.41 Å². The van der Waals surface area contributed by atoms with Crippen LogP contribution in [0.25, 0.3) is 0 Å². The van der Waals surface area contributed by atoms with E-state index < -0.39 is 17.4 Å². The second-order valence-corrected chi connectivity index (χ2v) is 4.88. The molecule has 1 rings (SSSR count). The Kier molecular flexibility index (Phi) is 5.27. The fraction of sp³-hybridized carbons (Fsp3) is 0.462. The average molecular weight is 252 g/mol. The standard InChI is InChI=1S/C13H20N2O3/c1-13(2,9-16)11(17)12(18)15-14-8-10-6-4-3-5-7-10/h3-7,11,14,16-17H,8-9H2,1-2H3,(H,15,18)/t11-/m0/s1. The van der Waals surface area contributed by atoms with E-state index in [4.69, 9.17) is 5.11 Å². The minimum atomic E-state index is -1.26. The monoisotopic (exact) mass is 252 g/mol. The van der Waals surface area contributed by atoms with Crippen LogP contribution in [0.5, 0.6) is 0 Å². The largest absolute Gasteiger partial charge is 0.396 e. The second kappa shape index (κ2) is 6.49. The number of nitrogens with one attached hydrogen (secondary N) is 2. The normalized spacial score (nSPS) is 13.1. The summed E-state index contributed by atoms with van der Waals surface area (Å²) in [6.07, 6.45) is -1.26. The van der Waals surface area contributed by atoms with Crippen molar-refractivity contribution < 1.29 is 15.0 Å². The smallest absolute Gasteiger partial charge is 0.263 e. The van der Waals surface area contributed by atoms with Gasteiger partial charge < -0.3 is 10.2 Å². The van der Waals surface area contributed by atoms with Crippen molar-refractivity contribution in [2.75, 3.05) is 6.61 Å². The van der Waals surface area contributed by atoms with Gasteiger partial charge in [-0.15, -0.1) is 0 Å². The molecule has 0 unspecified atom stereocenters. The van der Waals surface area contributed by atoms with E-state index in [0.717, 1.165) is 5.56 Å². The van der Waals surface area contributed by atoms with Gasteiger partial charge in [-0.3, -0.25) is 10.2 Å². The Morgan fingerprint density at radius 1 is 1.33 bits per heavy atom. The van der Waals surface area contributed by atoms with Gasteiger partial charge in [0.15, 0.2) is 0 Å². The van der Waals surface area contributed by atoms with Crippen LogP contribution in [0.3, 0.4) is 0 Å². The Balaban J connectivity index is 2.38. The van der Waals surface area contributed by atoms with Crippen LogP contribution in [0, 0.1) is 5.41 Å². The lowest BCUT2D eigenvalue weighted by Crippen LogP contribution is -2.49. The molecular formula is C13H20N2O3. The summed E-state index contributed by atoms with van der Waals surface area (Å²) in [5, 5.41) is 18.8. The summed E-state index contributed by atoms with van der Waals surface area (Å²) < 4.78 is 0. The van der Waals surface area contributed by atoms with Crippen LogP contribution in [0.4, 0.5) is 0 Å². The molecule has 100 valence electrons. The van der Waals surface area contributed by atoms with Crippen molar-refractivity contribution in [1.82, 2.24) is 10.9 Å². The van der Waals surface area contributed by atoms with Gasteiger partial charge in [0.05, 0.1) is 6.61 Å². The summed E-state index contributed by atoms with van der Waals surface area (Å²) in [6.45, 7) is 3.45. The molecule has 5 heteroatoms. The molecule has 0 saturated carbocycles. The van der Waals surface area contributed by atoms with Crippen LogP contribution in [-0.4, -0.2) is 28.8 Å². The molecule has 0 aromatic heterocycles. The van der Waals surface area contributed by atoms with Crippen molar-refractivity contribution >= 4 is 5.91 Å². The average Bonchev–Trinajstić information content (AvgIpc) is 2.39. The van der Waals surface area contributed by atoms with Gasteiger partial charge in [0.1, 0.15) is 6.10 Å². The number of benzene rings is 1. The van der Waals surface area contributed by atoms with E-state index in [1.165, 1.54) is 0 Å². The van der Waals surface area contributed by atoms with Crippen LogP contribution in [0.15, 0.2) is 30.3 Å². The highest BCUT2D eigenvalue weighted by atomic mass is 16.3. The van der Waals surface area contributed by atoms with Crippen molar-refractivity contribution in [3.05, 3.63) is 35.9 Å². The first-order valence-corrected chi connectivity index (χ1v) is 5.83. The van der Waals surface area contributed by atoms with Gasteiger partial charge in [0.2, 0.25) is 0 Å². The highest BCUT2D eigenvalue weighted by molar-refractivity contribution is 5.80. The molecule has 0 aliphatic carbocycles. The van der Waals surface area contributed by atoms with Gasteiger partial charge >= 0.3 is 0 Å². The maximum atomic E-state index is 11.6. The number of carbonyl (C=O) groups is 1. The Hall–Kier alpha value is -1.43. The molecule has 0 saturated heterocycles. The number of aliphatic hydroxyl groups excluding tert-OH is 2. The van der Waals surface area contributed by atoms with Crippen LogP contribution in [-0.2, 0) is 11.3 Å². The van der Waals surface area contributed by atoms with E-state index in [-0.39, 0.29) is 6.61 Å². The van der Waals surface area contributed by atoms with Crippen LogP contribution in [0.2, 0.25) is 0 Å². The number of rotatable bonds is 6. The van der Waals surface area contributed by atoms with E-state index in [2.05, 4.69) is 10.9 Å². The number of carbonyl (C=O) groups excluding carboxylic acids is 1. The molecule has 1 aromatic rings. The zero-order chi connectivity index (χ0) is 13.6. The molecule has 1 amide bonds. The van der Waals surface area contributed by atoms with Gasteiger partial charge in [0.25, 0.3) is 5.91 Å². The molecule has 4 N–H and O–H groups in total. The van der Waals surface area contributed by atoms with E-state index in [0.29, 0.717) is 6.54 Å². The Labute approximate surface area is 107 Å². The number of hydrogen-bond donors (Lipinski definition) is 4. The summed E-state index contributed by atoms with van der Waals surface area (Å²) in [5.74, 6) is -0.551. The first kappa shape index (κ1) is 14.6. The number of hydrazine groups is 1. The first-order valence-electron chi connectivity index (χ1n) is 5.83. The maximum Gasteiger partial charge on any atom is 0.263 e. The van der Waals surface area contributed by atoms with Crippen LogP contribution in [0.1, 0.15) is 19.4 Å². The molecule has 0 aliphatic rings. The van der Waals surface area contributed by atoms with E-state index in [9.17, 15) is 9.90 Å².